The largest absolute Gasteiger partial charge is 0.493 e. The zero-order valence-electron chi connectivity index (χ0n) is 18.3. The van der Waals surface area contributed by atoms with Crippen molar-refractivity contribution < 1.29 is 9.47 Å². The minimum Gasteiger partial charge on any atom is -0.493 e. The number of nitrogens with zero attached hydrogens (tertiary/aromatic N) is 1. The van der Waals surface area contributed by atoms with Crippen molar-refractivity contribution in [3.63, 3.8) is 0 Å². The molecule has 0 aliphatic heterocycles. The molecule has 4 heteroatoms. The monoisotopic (exact) mass is 421 g/mol. The van der Waals surface area contributed by atoms with E-state index in [1.54, 1.807) is 18.6 Å². The van der Waals surface area contributed by atoms with Crippen LogP contribution in [0.15, 0.2) is 89.9 Å². The zero-order valence-corrected chi connectivity index (χ0v) is 18.3. The molecule has 0 aliphatic rings. The Morgan fingerprint density at radius 2 is 1.28 bits per heavy atom. The number of ether oxygens (including phenoxy) is 2. The van der Waals surface area contributed by atoms with Crippen LogP contribution < -0.4 is 15.0 Å². The van der Waals surface area contributed by atoms with Gasteiger partial charge in [0, 0.05) is 11.6 Å². The first-order chi connectivity index (χ1) is 15.6. The van der Waals surface area contributed by atoms with Gasteiger partial charge in [-0.25, -0.2) is 0 Å². The molecule has 0 bridgehead atoms. The summed E-state index contributed by atoms with van der Waals surface area (Å²) in [5.74, 6) is 1.30. The molecule has 0 unspecified atom stereocenters. The van der Waals surface area contributed by atoms with E-state index in [4.69, 9.17) is 9.47 Å². The summed E-state index contributed by atoms with van der Waals surface area (Å²) < 4.78 is 12.8. The number of fused-ring (bicyclic) bond motifs is 3. The van der Waals surface area contributed by atoms with Crippen LogP contribution in [-0.4, -0.2) is 18.6 Å². The van der Waals surface area contributed by atoms with Gasteiger partial charge in [0.15, 0.2) is 11.5 Å². The highest BCUT2D eigenvalue weighted by Gasteiger charge is 2.18. The lowest BCUT2D eigenvalue weighted by atomic mass is 9.94. The van der Waals surface area contributed by atoms with Crippen LogP contribution in [0.2, 0.25) is 0 Å². The molecule has 0 amide bonds. The Hall–Kier alpha value is -4.05. The van der Waals surface area contributed by atoms with Crippen LogP contribution in [-0.2, 0) is 0 Å². The smallest absolute Gasteiger partial charge is 0.263 e. The van der Waals surface area contributed by atoms with Crippen LogP contribution in [0.3, 0.4) is 0 Å². The number of pyridine rings is 2. The standard InChI is InChI=1S/C28H23NO3/c1-18-17-29-24(23-16-26(32-3)25(31-2)15-21(18)23)14-22(19-10-6-4-7-11-19)27(28(29)30)20-12-8-5-9-13-20/h4-17H,1-3H3. The molecular weight excluding hydrogens is 398 g/mol. The Morgan fingerprint density at radius 1 is 0.719 bits per heavy atom. The Morgan fingerprint density at radius 3 is 1.88 bits per heavy atom. The second-order valence-corrected chi connectivity index (χ2v) is 7.79. The molecule has 0 saturated heterocycles. The first-order valence-corrected chi connectivity index (χ1v) is 10.5. The highest BCUT2D eigenvalue weighted by atomic mass is 16.5. The lowest BCUT2D eigenvalue weighted by Crippen LogP contribution is -2.17. The fourth-order valence-corrected chi connectivity index (χ4v) is 4.37. The number of rotatable bonds is 4. The second kappa shape index (κ2) is 7.89. The fourth-order valence-electron chi connectivity index (χ4n) is 4.37. The summed E-state index contributed by atoms with van der Waals surface area (Å²) >= 11 is 0. The molecule has 0 N–H and O–H groups in total. The van der Waals surface area contributed by atoms with Crippen molar-refractivity contribution >= 4 is 16.3 Å². The van der Waals surface area contributed by atoms with Crippen LogP contribution in [0.25, 0.3) is 38.5 Å². The maximum atomic E-state index is 13.9. The minimum absolute atomic E-state index is 0.0488. The normalized spacial score (nSPS) is 11.1. The maximum absolute atomic E-state index is 13.9. The minimum atomic E-state index is -0.0488. The van der Waals surface area contributed by atoms with Gasteiger partial charge in [-0.1, -0.05) is 60.7 Å². The molecule has 0 saturated carbocycles. The van der Waals surface area contributed by atoms with Gasteiger partial charge in [-0.3, -0.25) is 9.20 Å². The number of methoxy groups -OCH3 is 2. The van der Waals surface area contributed by atoms with Crippen LogP contribution in [0.1, 0.15) is 5.56 Å². The number of hydrogen-bond acceptors (Lipinski definition) is 3. The zero-order chi connectivity index (χ0) is 22.2. The summed E-state index contributed by atoms with van der Waals surface area (Å²) in [6.07, 6.45) is 1.91. The summed E-state index contributed by atoms with van der Waals surface area (Å²) in [6, 6.07) is 25.9. The van der Waals surface area contributed by atoms with E-state index >= 15 is 0 Å². The topological polar surface area (TPSA) is 39.9 Å². The average molecular weight is 421 g/mol. The van der Waals surface area contributed by atoms with Gasteiger partial charge in [-0.15, -0.1) is 0 Å². The van der Waals surface area contributed by atoms with Gasteiger partial charge in [0.2, 0.25) is 0 Å². The average Bonchev–Trinajstić information content (AvgIpc) is 2.84. The van der Waals surface area contributed by atoms with E-state index in [9.17, 15) is 4.79 Å². The van der Waals surface area contributed by atoms with E-state index in [1.165, 1.54) is 0 Å². The molecule has 0 radical (unpaired) electrons. The molecule has 158 valence electrons. The number of hydrogen-bond donors (Lipinski definition) is 0. The van der Waals surface area contributed by atoms with Gasteiger partial charge >= 0.3 is 0 Å². The van der Waals surface area contributed by atoms with Crippen molar-refractivity contribution in [1.29, 1.82) is 0 Å². The van der Waals surface area contributed by atoms with E-state index in [0.717, 1.165) is 38.5 Å². The summed E-state index contributed by atoms with van der Waals surface area (Å²) in [7, 11) is 3.25. The van der Waals surface area contributed by atoms with E-state index in [1.807, 2.05) is 85.9 Å². The van der Waals surface area contributed by atoms with E-state index in [0.29, 0.717) is 17.1 Å². The van der Waals surface area contributed by atoms with Crippen LogP contribution in [0.5, 0.6) is 11.5 Å². The molecule has 2 heterocycles. The van der Waals surface area contributed by atoms with Crippen molar-refractivity contribution in [2.75, 3.05) is 14.2 Å². The van der Waals surface area contributed by atoms with Gasteiger partial charge in [0.25, 0.3) is 5.56 Å². The molecule has 0 spiro atoms. The first kappa shape index (κ1) is 19.9. The first-order valence-electron chi connectivity index (χ1n) is 10.5. The molecule has 2 aromatic heterocycles. The maximum Gasteiger partial charge on any atom is 0.263 e. The number of aryl methyl sites for hydroxylation is 1. The molecule has 5 rings (SSSR count). The van der Waals surface area contributed by atoms with E-state index < -0.39 is 0 Å². The molecular formula is C28H23NO3. The second-order valence-electron chi connectivity index (χ2n) is 7.79. The lowest BCUT2D eigenvalue weighted by Gasteiger charge is -2.17. The summed E-state index contributed by atoms with van der Waals surface area (Å²) in [5, 5.41) is 1.96. The highest BCUT2D eigenvalue weighted by molar-refractivity contribution is 6.02. The Bertz CT molecular complexity index is 1500. The third-order valence-corrected chi connectivity index (χ3v) is 5.94. The van der Waals surface area contributed by atoms with Crippen LogP contribution in [0.4, 0.5) is 0 Å². The third kappa shape index (κ3) is 3.12. The summed E-state index contributed by atoms with van der Waals surface area (Å²) in [5.41, 5.74) is 5.26. The van der Waals surface area contributed by atoms with Gasteiger partial charge in [-0.2, -0.15) is 0 Å². The molecule has 4 nitrogen and oxygen atoms in total. The van der Waals surface area contributed by atoms with E-state index in [2.05, 4.69) is 6.07 Å². The van der Waals surface area contributed by atoms with Crippen molar-refractivity contribution in [3.8, 4) is 33.8 Å². The van der Waals surface area contributed by atoms with Crippen molar-refractivity contribution in [1.82, 2.24) is 4.40 Å². The molecule has 0 fully saturated rings. The predicted octanol–water partition coefficient (Wildman–Crippen LogP) is 6.11. The highest BCUT2D eigenvalue weighted by Crippen LogP contribution is 2.37. The van der Waals surface area contributed by atoms with Crippen molar-refractivity contribution in [2.24, 2.45) is 0 Å². The molecule has 0 aliphatic carbocycles. The van der Waals surface area contributed by atoms with Crippen LogP contribution >= 0.6 is 0 Å². The third-order valence-electron chi connectivity index (χ3n) is 5.94. The van der Waals surface area contributed by atoms with E-state index in [-0.39, 0.29) is 5.56 Å². The quantitative estimate of drug-likeness (QED) is 0.329. The van der Waals surface area contributed by atoms with Gasteiger partial charge in [0.1, 0.15) is 0 Å². The number of aromatic nitrogens is 1. The predicted molar refractivity (Wildman–Crippen MR) is 130 cm³/mol. The Labute approximate surface area is 186 Å². The molecule has 3 aromatic carbocycles. The van der Waals surface area contributed by atoms with Gasteiger partial charge in [0.05, 0.1) is 25.3 Å². The SMILES string of the molecule is COc1cc2c(C)cn3c(=O)c(-c4ccccc4)c(-c4ccccc4)cc3c2cc1OC. The lowest BCUT2D eigenvalue weighted by molar-refractivity contribution is 0.356. The van der Waals surface area contributed by atoms with Crippen LogP contribution in [0, 0.1) is 6.92 Å². The molecule has 5 aromatic rings. The van der Waals surface area contributed by atoms with Crippen molar-refractivity contribution in [2.45, 2.75) is 6.92 Å². The molecule has 32 heavy (non-hydrogen) atoms. The van der Waals surface area contributed by atoms with Crippen molar-refractivity contribution in [3.05, 3.63) is 101 Å². The fraction of sp³-hybridized carbons (Fsp3) is 0.107. The number of benzene rings is 3. The molecule has 0 atom stereocenters. The summed E-state index contributed by atoms with van der Waals surface area (Å²) in [4.78, 5) is 13.9. The van der Waals surface area contributed by atoms with Gasteiger partial charge in [-0.05, 0) is 52.8 Å². The Kier molecular flexibility index (Phi) is 4.91. The van der Waals surface area contributed by atoms with Gasteiger partial charge < -0.3 is 9.47 Å². The summed E-state index contributed by atoms with van der Waals surface area (Å²) in [6.45, 7) is 2.01. The Balaban J connectivity index is 1.97.